The summed E-state index contributed by atoms with van der Waals surface area (Å²) in [6, 6.07) is 6.63. The molecule has 16 heavy (non-hydrogen) atoms. The summed E-state index contributed by atoms with van der Waals surface area (Å²) in [6.07, 6.45) is -0.812. The normalized spacial score (nSPS) is 12.2. The first-order valence-electron chi connectivity index (χ1n) is 4.98. The molecule has 0 fully saturated rings. The van der Waals surface area contributed by atoms with Crippen molar-refractivity contribution < 1.29 is 15.0 Å². The summed E-state index contributed by atoms with van der Waals surface area (Å²) in [5, 5.41) is 21.1. The van der Waals surface area contributed by atoms with Crippen LogP contribution < -0.4 is 5.32 Å². The molecule has 1 aromatic carbocycles. The molecule has 1 aromatic rings. The molecule has 0 aromatic heterocycles. The number of hydrogen-bond donors (Lipinski definition) is 3. The number of halogens is 1. The van der Waals surface area contributed by atoms with Crippen molar-refractivity contribution >= 4 is 17.5 Å². The number of aliphatic hydroxyl groups excluding tert-OH is 2. The molecule has 0 bridgehead atoms. The Labute approximate surface area is 98.9 Å². The zero-order valence-corrected chi connectivity index (χ0v) is 9.44. The Hall–Kier alpha value is -1.10. The third-order valence-corrected chi connectivity index (χ3v) is 2.43. The molecule has 0 saturated heterocycles. The number of carbonyl (C=O) groups is 1. The highest BCUT2D eigenvalue weighted by Gasteiger charge is 2.18. The summed E-state index contributed by atoms with van der Waals surface area (Å²) >= 11 is 5.84. The number of nitrogens with one attached hydrogen (secondary N) is 1. The molecule has 0 aliphatic rings. The molecule has 0 saturated carbocycles. The van der Waals surface area contributed by atoms with Gasteiger partial charge in [-0.25, -0.2) is 0 Å². The van der Waals surface area contributed by atoms with Crippen molar-refractivity contribution in [1.29, 1.82) is 0 Å². The van der Waals surface area contributed by atoms with E-state index in [1.54, 1.807) is 24.3 Å². The highest BCUT2D eigenvalue weighted by molar-refractivity contribution is 6.31. The van der Waals surface area contributed by atoms with Gasteiger partial charge in [-0.1, -0.05) is 29.8 Å². The summed E-state index contributed by atoms with van der Waals surface area (Å²) in [5.41, 5.74) is 0.380. The van der Waals surface area contributed by atoms with Crippen molar-refractivity contribution in [3.63, 3.8) is 0 Å². The van der Waals surface area contributed by atoms with E-state index in [0.717, 1.165) is 0 Å². The molecule has 1 amide bonds. The van der Waals surface area contributed by atoms with E-state index in [9.17, 15) is 9.90 Å². The Morgan fingerprint density at radius 2 is 2.12 bits per heavy atom. The quantitative estimate of drug-likeness (QED) is 0.673. The van der Waals surface area contributed by atoms with Crippen LogP contribution in [0, 0.1) is 0 Å². The van der Waals surface area contributed by atoms with Crippen molar-refractivity contribution in [3.8, 4) is 0 Å². The molecule has 0 aliphatic heterocycles. The van der Waals surface area contributed by atoms with Gasteiger partial charge in [-0.15, -0.1) is 0 Å². The molecule has 4 nitrogen and oxygen atoms in total. The lowest BCUT2D eigenvalue weighted by Gasteiger charge is -2.12. The largest absolute Gasteiger partial charge is 0.396 e. The van der Waals surface area contributed by atoms with Crippen molar-refractivity contribution in [1.82, 2.24) is 5.32 Å². The molecule has 1 rings (SSSR count). The first-order chi connectivity index (χ1) is 7.66. The van der Waals surface area contributed by atoms with Gasteiger partial charge in [0.25, 0.3) is 5.91 Å². The van der Waals surface area contributed by atoms with E-state index in [2.05, 4.69) is 5.32 Å². The molecular formula is C11H14ClNO3. The zero-order valence-electron chi connectivity index (χ0n) is 8.69. The average Bonchev–Trinajstić information content (AvgIpc) is 2.29. The van der Waals surface area contributed by atoms with Gasteiger partial charge in [0.1, 0.15) is 0 Å². The Balaban J connectivity index is 2.60. The van der Waals surface area contributed by atoms with Crippen LogP contribution in [0.2, 0.25) is 5.02 Å². The molecule has 0 aliphatic carbocycles. The second kappa shape index (κ2) is 6.48. The number of hydrogen-bond acceptors (Lipinski definition) is 3. The van der Waals surface area contributed by atoms with Crippen LogP contribution in [0.4, 0.5) is 0 Å². The summed E-state index contributed by atoms with van der Waals surface area (Å²) < 4.78 is 0. The van der Waals surface area contributed by atoms with E-state index in [0.29, 0.717) is 23.6 Å². The summed E-state index contributed by atoms with van der Waals surface area (Å²) in [5.74, 6) is -0.512. The Bertz CT molecular complexity index is 357. The Kier molecular flexibility index (Phi) is 5.25. The zero-order chi connectivity index (χ0) is 12.0. The Morgan fingerprint density at radius 1 is 1.44 bits per heavy atom. The van der Waals surface area contributed by atoms with Gasteiger partial charge in [0.05, 0.1) is 0 Å². The maximum atomic E-state index is 11.5. The number of amides is 1. The van der Waals surface area contributed by atoms with Gasteiger partial charge in [-0.3, -0.25) is 4.79 Å². The van der Waals surface area contributed by atoms with E-state index < -0.39 is 12.0 Å². The predicted molar refractivity (Wildman–Crippen MR) is 61.1 cm³/mol. The van der Waals surface area contributed by atoms with E-state index in [-0.39, 0.29) is 6.61 Å². The lowest BCUT2D eigenvalue weighted by Crippen LogP contribution is -2.30. The third-order valence-electron chi connectivity index (χ3n) is 2.08. The van der Waals surface area contributed by atoms with E-state index in [1.807, 2.05) is 0 Å². The Morgan fingerprint density at radius 3 is 2.75 bits per heavy atom. The van der Waals surface area contributed by atoms with E-state index >= 15 is 0 Å². The molecule has 0 heterocycles. The minimum Gasteiger partial charge on any atom is -0.396 e. The van der Waals surface area contributed by atoms with Gasteiger partial charge in [0.2, 0.25) is 0 Å². The SMILES string of the molecule is O=C(NCCCO)[C@H](O)c1ccccc1Cl. The first-order valence-corrected chi connectivity index (χ1v) is 5.35. The highest BCUT2D eigenvalue weighted by atomic mass is 35.5. The van der Waals surface area contributed by atoms with Crippen LogP contribution in [-0.2, 0) is 4.79 Å². The third kappa shape index (κ3) is 3.48. The second-order valence-electron chi connectivity index (χ2n) is 3.29. The summed E-state index contributed by atoms with van der Waals surface area (Å²) in [4.78, 5) is 11.5. The van der Waals surface area contributed by atoms with E-state index in [4.69, 9.17) is 16.7 Å². The monoisotopic (exact) mass is 243 g/mol. The van der Waals surface area contributed by atoms with Crippen LogP contribution in [0.3, 0.4) is 0 Å². The molecule has 1 atom stereocenters. The smallest absolute Gasteiger partial charge is 0.253 e. The standard InChI is InChI=1S/C11H14ClNO3/c12-9-5-2-1-4-8(9)10(15)11(16)13-6-3-7-14/h1-2,4-5,10,14-15H,3,6-7H2,(H,13,16)/t10-/m1/s1. The van der Waals surface area contributed by atoms with Crippen LogP contribution in [0.25, 0.3) is 0 Å². The van der Waals surface area contributed by atoms with Crippen LogP contribution >= 0.6 is 11.6 Å². The number of rotatable bonds is 5. The summed E-state index contributed by atoms with van der Waals surface area (Å²) in [6.45, 7) is 0.333. The molecule has 0 unspecified atom stereocenters. The first kappa shape index (κ1) is 13.0. The van der Waals surface area contributed by atoms with Gasteiger partial charge in [0, 0.05) is 23.7 Å². The fourth-order valence-electron chi connectivity index (χ4n) is 1.23. The van der Waals surface area contributed by atoms with Crippen LogP contribution in [0.5, 0.6) is 0 Å². The molecule has 0 spiro atoms. The number of aliphatic hydroxyl groups is 2. The molecular weight excluding hydrogens is 230 g/mol. The minimum atomic E-state index is -1.27. The van der Waals surface area contributed by atoms with Gasteiger partial charge in [-0.2, -0.15) is 0 Å². The molecule has 0 radical (unpaired) electrons. The lowest BCUT2D eigenvalue weighted by atomic mass is 10.1. The highest BCUT2D eigenvalue weighted by Crippen LogP contribution is 2.22. The fraction of sp³-hybridized carbons (Fsp3) is 0.364. The van der Waals surface area contributed by atoms with Crippen molar-refractivity contribution in [2.24, 2.45) is 0 Å². The fourth-order valence-corrected chi connectivity index (χ4v) is 1.46. The number of benzene rings is 1. The van der Waals surface area contributed by atoms with Gasteiger partial charge in [-0.05, 0) is 12.5 Å². The molecule has 3 N–H and O–H groups in total. The van der Waals surface area contributed by atoms with Gasteiger partial charge in [0.15, 0.2) is 6.10 Å². The van der Waals surface area contributed by atoms with E-state index in [1.165, 1.54) is 0 Å². The van der Waals surface area contributed by atoms with Crippen molar-refractivity contribution in [3.05, 3.63) is 34.9 Å². The topological polar surface area (TPSA) is 69.6 Å². The van der Waals surface area contributed by atoms with Crippen LogP contribution in [0.15, 0.2) is 24.3 Å². The lowest BCUT2D eigenvalue weighted by molar-refractivity contribution is -0.129. The van der Waals surface area contributed by atoms with Gasteiger partial charge < -0.3 is 15.5 Å². The van der Waals surface area contributed by atoms with Crippen LogP contribution in [-0.4, -0.2) is 29.3 Å². The second-order valence-corrected chi connectivity index (χ2v) is 3.70. The number of carbonyl (C=O) groups excluding carboxylic acids is 1. The minimum absolute atomic E-state index is 0.00245. The van der Waals surface area contributed by atoms with Crippen molar-refractivity contribution in [2.45, 2.75) is 12.5 Å². The molecule has 88 valence electrons. The van der Waals surface area contributed by atoms with Gasteiger partial charge >= 0.3 is 0 Å². The van der Waals surface area contributed by atoms with Crippen molar-refractivity contribution in [2.75, 3.05) is 13.2 Å². The van der Waals surface area contributed by atoms with Crippen LogP contribution in [0.1, 0.15) is 18.1 Å². The molecule has 5 heteroatoms. The summed E-state index contributed by atoms with van der Waals surface area (Å²) in [7, 11) is 0. The average molecular weight is 244 g/mol. The maximum absolute atomic E-state index is 11.5. The predicted octanol–water partition coefficient (Wildman–Crippen LogP) is 0.872. The maximum Gasteiger partial charge on any atom is 0.253 e.